The number of hydrogen-bond donors (Lipinski definition) is 0. The van der Waals surface area contributed by atoms with E-state index in [1.807, 2.05) is 6.07 Å². The van der Waals surface area contributed by atoms with E-state index in [1.54, 1.807) is 30.3 Å². The lowest BCUT2D eigenvalue weighted by molar-refractivity contribution is 0.594. The highest BCUT2D eigenvalue weighted by atomic mass is 32.2. The molecule has 0 atom stereocenters. The van der Waals surface area contributed by atoms with Crippen molar-refractivity contribution >= 4 is 15.7 Å². The van der Waals surface area contributed by atoms with Gasteiger partial charge in [0.1, 0.15) is 0 Å². The van der Waals surface area contributed by atoms with Crippen LogP contribution in [0.2, 0.25) is 0 Å². The largest absolute Gasteiger partial charge is 0.269 e. The van der Waals surface area contributed by atoms with Crippen molar-refractivity contribution in [3.63, 3.8) is 0 Å². The molecule has 0 aliphatic rings. The Kier molecular flexibility index (Phi) is 3.98. The van der Waals surface area contributed by atoms with Crippen LogP contribution in [0.4, 0.5) is 5.69 Å². The molecule has 0 aliphatic heterocycles. The molecule has 0 aliphatic carbocycles. The Hall–Kier alpha value is -2.76. The minimum absolute atomic E-state index is 0.0650. The Balaban J connectivity index is 2.48. The van der Waals surface area contributed by atoms with Crippen LogP contribution < -0.4 is 4.31 Å². The fraction of sp³-hybridized carbons (Fsp3) is 0.0625. The number of nitriles is 1. The number of rotatable bonds is 3. The van der Waals surface area contributed by atoms with Crippen LogP contribution in [0.25, 0.3) is 0 Å². The van der Waals surface area contributed by atoms with Crippen molar-refractivity contribution < 1.29 is 8.42 Å². The number of sulfonamides is 1. The zero-order valence-electron chi connectivity index (χ0n) is 11.3. The minimum atomic E-state index is -3.74. The van der Waals surface area contributed by atoms with Crippen molar-refractivity contribution in [2.45, 2.75) is 4.90 Å². The molecule has 2 rings (SSSR count). The predicted molar refractivity (Wildman–Crippen MR) is 81.1 cm³/mol. The highest BCUT2D eigenvalue weighted by Gasteiger charge is 2.21. The molecule has 0 amide bonds. The summed E-state index contributed by atoms with van der Waals surface area (Å²) in [5, 5.41) is 8.87. The number of hydrogen-bond acceptors (Lipinski definition) is 3. The summed E-state index contributed by atoms with van der Waals surface area (Å²) in [5.74, 6) is 2.47. The molecule has 0 unspecified atom stereocenters. The summed E-state index contributed by atoms with van der Waals surface area (Å²) in [6.07, 6.45) is 5.32. The Morgan fingerprint density at radius 3 is 2.43 bits per heavy atom. The van der Waals surface area contributed by atoms with Crippen LogP contribution in [0, 0.1) is 23.7 Å². The van der Waals surface area contributed by atoms with Gasteiger partial charge in [0.2, 0.25) is 0 Å². The number of nitrogens with zero attached hydrogens (tertiary/aromatic N) is 2. The van der Waals surface area contributed by atoms with Crippen LogP contribution in [0.5, 0.6) is 0 Å². The van der Waals surface area contributed by atoms with Gasteiger partial charge in [0.25, 0.3) is 10.0 Å². The average molecular weight is 296 g/mol. The highest BCUT2D eigenvalue weighted by molar-refractivity contribution is 7.92. The van der Waals surface area contributed by atoms with E-state index in [1.165, 1.54) is 25.2 Å². The third-order valence-corrected chi connectivity index (χ3v) is 4.78. The Morgan fingerprint density at radius 1 is 1.10 bits per heavy atom. The maximum atomic E-state index is 12.6. The van der Waals surface area contributed by atoms with Gasteiger partial charge in [0.05, 0.1) is 22.2 Å². The molecule has 0 aromatic heterocycles. The lowest BCUT2D eigenvalue weighted by Crippen LogP contribution is -2.26. The van der Waals surface area contributed by atoms with Crippen molar-refractivity contribution in [3.8, 4) is 18.4 Å². The smallest absolute Gasteiger partial charge is 0.264 e. The van der Waals surface area contributed by atoms with E-state index in [0.717, 1.165) is 4.31 Å². The van der Waals surface area contributed by atoms with Gasteiger partial charge < -0.3 is 0 Å². The zero-order chi connectivity index (χ0) is 15.5. The molecule has 0 saturated heterocycles. The number of benzene rings is 2. The van der Waals surface area contributed by atoms with E-state index >= 15 is 0 Å². The molecule has 0 bridgehead atoms. The maximum absolute atomic E-state index is 12.6. The van der Waals surface area contributed by atoms with Crippen LogP contribution >= 0.6 is 0 Å². The molecule has 0 saturated carbocycles. The van der Waals surface area contributed by atoms with Gasteiger partial charge in [-0.05, 0) is 36.4 Å². The van der Waals surface area contributed by atoms with Gasteiger partial charge in [0, 0.05) is 12.6 Å². The van der Waals surface area contributed by atoms with Crippen molar-refractivity contribution in [2.24, 2.45) is 0 Å². The van der Waals surface area contributed by atoms with Crippen LogP contribution in [0.15, 0.2) is 53.4 Å². The standard InChI is InChI=1S/C16H12N2O2S/c1-3-13-6-4-8-15(10-13)18(2)21(19,20)16-9-5-7-14(11-16)12-17/h1,4-11H,2H3. The van der Waals surface area contributed by atoms with Crippen LogP contribution in [0.3, 0.4) is 0 Å². The van der Waals surface area contributed by atoms with E-state index < -0.39 is 10.0 Å². The quantitative estimate of drug-likeness (QED) is 0.817. The van der Waals surface area contributed by atoms with Gasteiger partial charge in [-0.15, -0.1) is 6.42 Å². The Morgan fingerprint density at radius 2 is 1.76 bits per heavy atom. The van der Waals surface area contributed by atoms with Gasteiger partial charge in [-0.3, -0.25) is 4.31 Å². The summed E-state index contributed by atoms with van der Waals surface area (Å²) in [4.78, 5) is 0.0650. The molecule has 0 heterocycles. The van der Waals surface area contributed by atoms with Gasteiger partial charge in [-0.1, -0.05) is 18.1 Å². The second-order valence-electron chi connectivity index (χ2n) is 4.31. The highest BCUT2D eigenvalue weighted by Crippen LogP contribution is 2.23. The monoisotopic (exact) mass is 296 g/mol. The van der Waals surface area contributed by atoms with E-state index in [4.69, 9.17) is 11.7 Å². The van der Waals surface area contributed by atoms with Gasteiger partial charge >= 0.3 is 0 Å². The molecule has 21 heavy (non-hydrogen) atoms. The molecule has 0 radical (unpaired) electrons. The van der Waals surface area contributed by atoms with Crippen LogP contribution in [-0.2, 0) is 10.0 Å². The van der Waals surface area contributed by atoms with E-state index in [2.05, 4.69) is 5.92 Å². The van der Waals surface area contributed by atoms with Crippen LogP contribution in [0.1, 0.15) is 11.1 Å². The van der Waals surface area contributed by atoms with E-state index in [0.29, 0.717) is 16.8 Å². The molecule has 2 aromatic rings. The van der Waals surface area contributed by atoms with Gasteiger partial charge in [-0.25, -0.2) is 8.42 Å². The second-order valence-corrected chi connectivity index (χ2v) is 6.28. The first-order chi connectivity index (χ1) is 9.98. The summed E-state index contributed by atoms with van der Waals surface area (Å²) in [7, 11) is -2.29. The third-order valence-electron chi connectivity index (χ3n) is 3.00. The Labute approximate surface area is 124 Å². The molecular formula is C16H12N2O2S. The summed E-state index contributed by atoms with van der Waals surface area (Å²) >= 11 is 0. The lowest BCUT2D eigenvalue weighted by atomic mass is 10.2. The molecular weight excluding hydrogens is 284 g/mol. The fourth-order valence-corrected chi connectivity index (χ4v) is 3.05. The first-order valence-corrected chi connectivity index (χ1v) is 7.49. The normalized spacial score (nSPS) is 10.4. The second kappa shape index (κ2) is 5.70. The summed E-state index contributed by atoms with van der Waals surface area (Å²) in [5.41, 5.74) is 1.36. The third kappa shape index (κ3) is 2.89. The molecule has 2 aromatic carbocycles. The first kappa shape index (κ1) is 14.6. The Bertz CT molecular complexity index is 858. The lowest BCUT2D eigenvalue weighted by Gasteiger charge is -2.19. The molecule has 0 fully saturated rings. The SMILES string of the molecule is C#Cc1cccc(N(C)S(=O)(=O)c2cccc(C#N)c2)c1. The molecule has 5 heteroatoms. The topological polar surface area (TPSA) is 61.2 Å². The van der Waals surface area contributed by atoms with E-state index in [-0.39, 0.29) is 4.90 Å². The summed E-state index contributed by atoms with van der Waals surface area (Å²) in [6.45, 7) is 0. The van der Waals surface area contributed by atoms with Crippen molar-refractivity contribution in [1.29, 1.82) is 5.26 Å². The molecule has 104 valence electrons. The van der Waals surface area contributed by atoms with Crippen LogP contribution in [-0.4, -0.2) is 15.5 Å². The summed E-state index contributed by atoms with van der Waals surface area (Å²) < 4.78 is 26.3. The van der Waals surface area contributed by atoms with Crippen molar-refractivity contribution in [2.75, 3.05) is 11.4 Å². The first-order valence-electron chi connectivity index (χ1n) is 6.05. The fourth-order valence-electron chi connectivity index (χ4n) is 1.81. The summed E-state index contributed by atoms with van der Waals surface area (Å²) in [6, 6.07) is 14.5. The van der Waals surface area contributed by atoms with Gasteiger partial charge in [-0.2, -0.15) is 5.26 Å². The van der Waals surface area contributed by atoms with E-state index in [9.17, 15) is 8.42 Å². The number of anilines is 1. The molecule has 0 spiro atoms. The predicted octanol–water partition coefficient (Wildman–Crippen LogP) is 2.36. The van der Waals surface area contributed by atoms with Crippen molar-refractivity contribution in [1.82, 2.24) is 0 Å². The minimum Gasteiger partial charge on any atom is -0.269 e. The van der Waals surface area contributed by atoms with Gasteiger partial charge in [0.15, 0.2) is 0 Å². The molecule has 4 nitrogen and oxygen atoms in total. The average Bonchev–Trinajstić information content (AvgIpc) is 2.54. The number of terminal acetylenes is 1. The molecule has 0 N–H and O–H groups in total. The van der Waals surface area contributed by atoms with Crippen molar-refractivity contribution in [3.05, 3.63) is 59.7 Å². The maximum Gasteiger partial charge on any atom is 0.264 e. The zero-order valence-corrected chi connectivity index (χ0v) is 12.1.